The first kappa shape index (κ1) is 11.5. The van der Waals surface area contributed by atoms with Gasteiger partial charge in [0.05, 0.1) is 24.5 Å². The predicted octanol–water partition coefficient (Wildman–Crippen LogP) is 3.02. The summed E-state index contributed by atoms with van der Waals surface area (Å²) in [7, 11) is 0. The standard InChI is InChI=1S/C16H14FN3/c17-13-7-5-12(6-8-13)11-20-15-4-2-1-3-14(15)19-10-9-18-16(19)20/h1-8H,9-11H2. The van der Waals surface area contributed by atoms with Gasteiger partial charge in [0.2, 0.25) is 5.96 Å². The van der Waals surface area contributed by atoms with E-state index in [1.165, 1.54) is 23.5 Å². The largest absolute Gasteiger partial charge is 0.308 e. The molecule has 2 heterocycles. The molecule has 0 aliphatic carbocycles. The number of halogens is 1. The molecule has 0 spiro atoms. The van der Waals surface area contributed by atoms with E-state index in [4.69, 9.17) is 0 Å². The molecule has 0 bridgehead atoms. The van der Waals surface area contributed by atoms with E-state index in [0.29, 0.717) is 6.54 Å². The van der Waals surface area contributed by atoms with Gasteiger partial charge in [-0.1, -0.05) is 24.3 Å². The number of nitrogens with zero attached hydrogens (tertiary/aromatic N) is 3. The fraction of sp³-hybridized carbons (Fsp3) is 0.188. The number of fused-ring (bicyclic) bond motifs is 3. The summed E-state index contributed by atoms with van der Waals surface area (Å²) in [6.07, 6.45) is 0. The van der Waals surface area contributed by atoms with Crippen LogP contribution in [0.4, 0.5) is 15.8 Å². The van der Waals surface area contributed by atoms with Crippen molar-refractivity contribution in [3.63, 3.8) is 0 Å². The van der Waals surface area contributed by atoms with Crippen molar-refractivity contribution in [2.75, 3.05) is 22.9 Å². The first-order chi connectivity index (χ1) is 9.83. The first-order valence-corrected chi connectivity index (χ1v) is 6.76. The average Bonchev–Trinajstić information content (AvgIpc) is 3.05. The molecule has 0 atom stereocenters. The number of anilines is 2. The number of hydrogen-bond acceptors (Lipinski definition) is 3. The minimum Gasteiger partial charge on any atom is -0.308 e. The van der Waals surface area contributed by atoms with Gasteiger partial charge in [0.25, 0.3) is 0 Å². The molecule has 0 aromatic heterocycles. The van der Waals surface area contributed by atoms with E-state index in [9.17, 15) is 4.39 Å². The van der Waals surface area contributed by atoms with Gasteiger partial charge >= 0.3 is 0 Å². The molecule has 4 rings (SSSR count). The summed E-state index contributed by atoms with van der Waals surface area (Å²) in [5.41, 5.74) is 3.47. The Bertz CT molecular complexity index is 678. The van der Waals surface area contributed by atoms with E-state index in [0.717, 1.165) is 24.6 Å². The van der Waals surface area contributed by atoms with Gasteiger partial charge in [-0.15, -0.1) is 0 Å². The normalized spacial score (nSPS) is 16.1. The van der Waals surface area contributed by atoms with Gasteiger partial charge in [0, 0.05) is 6.54 Å². The average molecular weight is 267 g/mol. The van der Waals surface area contributed by atoms with Crippen LogP contribution < -0.4 is 9.80 Å². The number of rotatable bonds is 2. The third-order valence-corrected chi connectivity index (χ3v) is 3.78. The lowest BCUT2D eigenvalue weighted by molar-refractivity contribution is 0.627. The second kappa shape index (κ2) is 4.34. The van der Waals surface area contributed by atoms with Crippen molar-refractivity contribution < 1.29 is 4.39 Å². The van der Waals surface area contributed by atoms with E-state index in [1.807, 2.05) is 18.2 Å². The Morgan fingerprint density at radius 3 is 2.55 bits per heavy atom. The SMILES string of the molecule is Fc1ccc(CN2C3=NCCN3c3ccccc32)cc1. The van der Waals surface area contributed by atoms with Crippen LogP contribution in [0.15, 0.2) is 53.5 Å². The van der Waals surface area contributed by atoms with Crippen molar-refractivity contribution in [1.29, 1.82) is 0 Å². The van der Waals surface area contributed by atoms with E-state index < -0.39 is 0 Å². The van der Waals surface area contributed by atoms with Gasteiger partial charge < -0.3 is 9.80 Å². The molecule has 100 valence electrons. The first-order valence-electron chi connectivity index (χ1n) is 6.76. The van der Waals surface area contributed by atoms with Crippen molar-refractivity contribution in [2.24, 2.45) is 4.99 Å². The second-order valence-corrected chi connectivity index (χ2v) is 5.03. The number of guanidine groups is 1. The summed E-state index contributed by atoms with van der Waals surface area (Å²) >= 11 is 0. The summed E-state index contributed by atoms with van der Waals surface area (Å²) in [4.78, 5) is 9.05. The second-order valence-electron chi connectivity index (χ2n) is 5.03. The predicted molar refractivity (Wildman–Crippen MR) is 78.7 cm³/mol. The van der Waals surface area contributed by atoms with E-state index >= 15 is 0 Å². The Hall–Kier alpha value is -2.36. The summed E-state index contributed by atoms with van der Waals surface area (Å²) in [5.74, 6) is 0.811. The smallest absolute Gasteiger partial charge is 0.206 e. The molecule has 3 nitrogen and oxygen atoms in total. The molecule has 2 aromatic rings. The van der Waals surface area contributed by atoms with Crippen LogP contribution in [-0.2, 0) is 6.54 Å². The molecule has 0 fully saturated rings. The highest BCUT2D eigenvalue weighted by Gasteiger charge is 2.34. The molecule has 20 heavy (non-hydrogen) atoms. The van der Waals surface area contributed by atoms with Crippen LogP contribution >= 0.6 is 0 Å². The van der Waals surface area contributed by atoms with Gasteiger partial charge in [0.15, 0.2) is 0 Å². The van der Waals surface area contributed by atoms with Gasteiger partial charge in [-0.2, -0.15) is 0 Å². The zero-order valence-electron chi connectivity index (χ0n) is 11.0. The molecule has 0 amide bonds. The Kier molecular flexibility index (Phi) is 2.49. The minimum atomic E-state index is -0.199. The fourth-order valence-electron chi connectivity index (χ4n) is 2.85. The summed E-state index contributed by atoms with van der Waals surface area (Å²) in [5, 5.41) is 0. The lowest BCUT2D eigenvalue weighted by Crippen LogP contribution is -2.34. The molecule has 0 saturated carbocycles. The van der Waals surface area contributed by atoms with Crippen LogP contribution in [0.2, 0.25) is 0 Å². The third kappa shape index (κ3) is 1.68. The number of para-hydroxylation sites is 2. The maximum Gasteiger partial charge on any atom is 0.206 e. The summed E-state index contributed by atoms with van der Waals surface area (Å²) in [6.45, 7) is 2.49. The number of hydrogen-bond donors (Lipinski definition) is 0. The maximum atomic E-state index is 13.0. The molecular formula is C16H14FN3. The number of aliphatic imine (C=N–C) groups is 1. The summed E-state index contributed by atoms with van der Waals surface area (Å²) in [6, 6.07) is 15.0. The van der Waals surface area contributed by atoms with Gasteiger partial charge in [0.1, 0.15) is 5.82 Å². The minimum absolute atomic E-state index is 0.199. The highest BCUT2D eigenvalue weighted by atomic mass is 19.1. The van der Waals surface area contributed by atoms with Crippen LogP contribution in [0.1, 0.15) is 5.56 Å². The Labute approximate surface area is 117 Å². The van der Waals surface area contributed by atoms with Crippen molar-refractivity contribution in [3.8, 4) is 0 Å². The highest BCUT2D eigenvalue weighted by Crippen LogP contribution is 2.39. The molecule has 2 aromatic carbocycles. The zero-order valence-corrected chi connectivity index (χ0v) is 11.0. The molecule has 2 aliphatic heterocycles. The Balaban J connectivity index is 1.72. The molecule has 2 aliphatic rings. The van der Waals surface area contributed by atoms with Crippen molar-refractivity contribution >= 4 is 17.3 Å². The summed E-state index contributed by atoms with van der Waals surface area (Å²) < 4.78 is 13.0. The molecule has 4 heteroatoms. The van der Waals surface area contributed by atoms with Crippen molar-refractivity contribution in [3.05, 3.63) is 59.9 Å². The van der Waals surface area contributed by atoms with E-state index in [-0.39, 0.29) is 5.82 Å². The zero-order chi connectivity index (χ0) is 13.5. The molecule has 0 N–H and O–H groups in total. The van der Waals surface area contributed by atoms with Crippen molar-refractivity contribution in [2.45, 2.75) is 6.54 Å². The lowest BCUT2D eigenvalue weighted by atomic mass is 10.2. The quantitative estimate of drug-likeness (QED) is 0.833. The van der Waals surface area contributed by atoms with Crippen LogP contribution in [0, 0.1) is 5.82 Å². The third-order valence-electron chi connectivity index (χ3n) is 3.78. The highest BCUT2D eigenvalue weighted by molar-refractivity contribution is 6.16. The van der Waals surface area contributed by atoms with E-state index in [2.05, 4.69) is 33.0 Å². The Morgan fingerprint density at radius 1 is 1.00 bits per heavy atom. The molecule has 0 saturated heterocycles. The fourth-order valence-corrected chi connectivity index (χ4v) is 2.85. The van der Waals surface area contributed by atoms with Gasteiger partial charge in [-0.3, -0.25) is 4.99 Å². The molecule has 0 radical (unpaired) electrons. The topological polar surface area (TPSA) is 18.8 Å². The maximum absolute atomic E-state index is 13.0. The van der Waals surface area contributed by atoms with Crippen LogP contribution in [0.3, 0.4) is 0 Å². The van der Waals surface area contributed by atoms with Crippen LogP contribution in [0.25, 0.3) is 0 Å². The molecule has 0 unspecified atom stereocenters. The van der Waals surface area contributed by atoms with Crippen molar-refractivity contribution in [1.82, 2.24) is 0 Å². The van der Waals surface area contributed by atoms with Crippen LogP contribution in [-0.4, -0.2) is 19.0 Å². The lowest BCUT2D eigenvalue weighted by Gasteiger charge is -2.19. The van der Waals surface area contributed by atoms with Gasteiger partial charge in [-0.25, -0.2) is 4.39 Å². The van der Waals surface area contributed by atoms with Gasteiger partial charge in [-0.05, 0) is 29.8 Å². The Morgan fingerprint density at radius 2 is 1.75 bits per heavy atom. The molecular weight excluding hydrogens is 253 g/mol. The van der Waals surface area contributed by atoms with Crippen LogP contribution in [0.5, 0.6) is 0 Å². The monoisotopic (exact) mass is 267 g/mol. The van der Waals surface area contributed by atoms with E-state index in [1.54, 1.807) is 0 Å². The number of benzene rings is 2.